The monoisotopic (exact) mass is 370 g/mol. The van der Waals surface area contributed by atoms with Gasteiger partial charge < -0.3 is 20.3 Å². The number of aromatic nitrogens is 3. The molecule has 0 amide bonds. The van der Waals surface area contributed by atoms with Gasteiger partial charge in [-0.05, 0) is 25.3 Å². The molecule has 1 aromatic heterocycles. The molecule has 27 heavy (non-hydrogen) atoms. The van der Waals surface area contributed by atoms with Crippen molar-refractivity contribution in [2.75, 3.05) is 19.7 Å². The summed E-state index contributed by atoms with van der Waals surface area (Å²) in [5.74, 6) is 2.77. The molecule has 3 rings (SSSR count). The zero-order valence-electron chi connectivity index (χ0n) is 16.1. The first-order valence-corrected chi connectivity index (χ1v) is 9.90. The lowest BCUT2D eigenvalue weighted by Crippen LogP contribution is -2.40. The second kappa shape index (κ2) is 10.1. The molecule has 146 valence electrons. The molecule has 0 bridgehead atoms. The van der Waals surface area contributed by atoms with Gasteiger partial charge in [-0.1, -0.05) is 36.8 Å². The second-order valence-electron chi connectivity index (χ2n) is 6.86. The minimum Gasteiger partial charge on any atom is -0.396 e. The van der Waals surface area contributed by atoms with Crippen LogP contribution in [0.15, 0.2) is 35.3 Å². The first-order valence-electron chi connectivity index (χ1n) is 9.90. The van der Waals surface area contributed by atoms with E-state index in [9.17, 15) is 5.11 Å². The van der Waals surface area contributed by atoms with Crippen molar-refractivity contribution in [2.24, 2.45) is 4.99 Å². The van der Waals surface area contributed by atoms with Crippen LogP contribution in [0.3, 0.4) is 0 Å². The summed E-state index contributed by atoms with van der Waals surface area (Å²) in [5.41, 5.74) is 1.12. The van der Waals surface area contributed by atoms with Gasteiger partial charge in [0.1, 0.15) is 12.4 Å². The minimum absolute atomic E-state index is 0.0272. The maximum atomic E-state index is 9.74. The lowest BCUT2D eigenvalue weighted by atomic mass is 10.0. The van der Waals surface area contributed by atoms with Crippen molar-refractivity contribution in [2.45, 2.75) is 51.6 Å². The molecule has 1 unspecified atom stereocenters. The van der Waals surface area contributed by atoms with Gasteiger partial charge in [0.15, 0.2) is 11.8 Å². The summed E-state index contributed by atoms with van der Waals surface area (Å²) in [6.45, 7) is 5.01. The number of aliphatic hydroxyl groups excluding tert-OH is 1. The number of hydrogen-bond donors (Lipinski definition) is 3. The minimum atomic E-state index is 0.0272. The van der Waals surface area contributed by atoms with Crippen molar-refractivity contribution in [3.63, 3.8) is 0 Å². The van der Waals surface area contributed by atoms with E-state index in [0.717, 1.165) is 42.7 Å². The molecule has 0 saturated carbocycles. The third kappa shape index (κ3) is 5.29. The molecule has 1 atom stereocenters. The van der Waals surface area contributed by atoms with Gasteiger partial charge >= 0.3 is 0 Å². The average molecular weight is 371 g/mol. The van der Waals surface area contributed by atoms with Gasteiger partial charge in [0.05, 0.1) is 6.61 Å². The summed E-state index contributed by atoms with van der Waals surface area (Å²) in [6.07, 6.45) is 4.62. The summed E-state index contributed by atoms with van der Waals surface area (Å²) in [6, 6.07) is 10.1. The number of fused-ring (bicyclic) bond motifs is 1. The molecule has 0 fully saturated rings. The highest BCUT2D eigenvalue weighted by Gasteiger charge is 2.15. The van der Waals surface area contributed by atoms with Gasteiger partial charge in [0, 0.05) is 32.0 Å². The van der Waals surface area contributed by atoms with Gasteiger partial charge in [-0.15, -0.1) is 10.2 Å². The van der Waals surface area contributed by atoms with E-state index in [0.29, 0.717) is 13.1 Å². The first-order chi connectivity index (χ1) is 13.3. The number of nitrogens with one attached hydrogen (secondary N) is 2. The van der Waals surface area contributed by atoms with Crippen molar-refractivity contribution in [1.29, 1.82) is 0 Å². The Balaban J connectivity index is 1.64. The number of aliphatic hydroxyl groups is 1. The molecule has 7 nitrogen and oxygen atoms in total. The first kappa shape index (κ1) is 19.4. The van der Waals surface area contributed by atoms with Gasteiger partial charge in [0.25, 0.3) is 0 Å². The fourth-order valence-corrected chi connectivity index (χ4v) is 3.39. The molecule has 2 aromatic rings. The Kier molecular flexibility index (Phi) is 7.21. The van der Waals surface area contributed by atoms with E-state index in [1.807, 2.05) is 37.3 Å². The van der Waals surface area contributed by atoms with Crippen LogP contribution in [0.5, 0.6) is 0 Å². The predicted molar refractivity (Wildman–Crippen MR) is 107 cm³/mol. The number of hydrogen-bond acceptors (Lipinski definition) is 4. The fraction of sp³-hybridized carbons (Fsp3) is 0.550. The van der Waals surface area contributed by atoms with Crippen molar-refractivity contribution >= 4 is 5.96 Å². The van der Waals surface area contributed by atoms with Crippen molar-refractivity contribution in [1.82, 2.24) is 25.4 Å². The Hall–Kier alpha value is -2.41. The van der Waals surface area contributed by atoms with E-state index in [-0.39, 0.29) is 12.5 Å². The number of benzene rings is 1. The Morgan fingerprint density at radius 3 is 2.81 bits per heavy atom. The molecule has 0 radical (unpaired) electrons. The fourth-order valence-electron chi connectivity index (χ4n) is 3.39. The van der Waals surface area contributed by atoms with Gasteiger partial charge in [-0.25, -0.2) is 4.99 Å². The third-order valence-electron chi connectivity index (χ3n) is 4.92. The maximum absolute atomic E-state index is 9.74. The summed E-state index contributed by atoms with van der Waals surface area (Å²) in [7, 11) is 0. The van der Waals surface area contributed by atoms with E-state index in [1.54, 1.807) is 0 Å². The van der Waals surface area contributed by atoms with Gasteiger partial charge in [0.2, 0.25) is 0 Å². The van der Waals surface area contributed by atoms with Crippen LogP contribution in [0, 0.1) is 0 Å². The number of aliphatic imine (C=N–C) groups is 1. The molecule has 1 aliphatic rings. The van der Waals surface area contributed by atoms with Crippen LogP contribution in [0.4, 0.5) is 0 Å². The van der Waals surface area contributed by atoms with E-state index in [4.69, 9.17) is 0 Å². The van der Waals surface area contributed by atoms with Gasteiger partial charge in [-0.2, -0.15) is 0 Å². The van der Waals surface area contributed by atoms with E-state index in [2.05, 4.69) is 30.4 Å². The topological polar surface area (TPSA) is 87.4 Å². The van der Waals surface area contributed by atoms with Gasteiger partial charge in [-0.3, -0.25) is 0 Å². The van der Waals surface area contributed by atoms with E-state index >= 15 is 0 Å². The highest BCUT2D eigenvalue weighted by molar-refractivity contribution is 5.79. The molecular formula is C20H30N6O. The lowest BCUT2D eigenvalue weighted by Gasteiger charge is -2.18. The largest absolute Gasteiger partial charge is 0.396 e. The summed E-state index contributed by atoms with van der Waals surface area (Å²) in [4.78, 5) is 4.68. The quantitative estimate of drug-likeness (QED) is 0.511. The van der Waals surface area contributed by atoms with E-state index < -0.39 is 0 Å². The lowest BCUT2D eigenvalue weighted by molar-refractivity contribution is 0.265. The van der Waals surface area contributed by atoms with Crippen LogP contribution in [-0.2, 0) is 19.5 Å². The second-order valence-corrected chi connectivity index (χ2v) is 6.86. The smallest absolute Gasteiger partial charge is 0.191 e. The van der Waals surface area contributed by atoms with Crippen LogP contribution < -0.4 is 10.6 Å². The zero-order chi connectivity index (χ0) is 18.9. The zero-order valence-corrected chi connectivity index (χ0v) is 16.1. The Morgan fingerprint density at radius 1 is 1.19 bits per heavy atom. The number of guanidine groups is 1. The summed E-state index contributed by atoms with van der Waals surface area (Å²) in [5, 5.41) is 25.0. The van der Waals surface area contributed by atoms with E-state index in [1.165, 1.54) is 19.3 Å². The molecule has 3 N–H and O–H groups in total. The standard InChI is InChI=1S/C20H30N6O/c1-2-21-20(22-13-17(15-27)16-9-5-3-6-10-16)23-14-19-25-24-18-11-7-4-8-12-26(18)19/h3,5-6,9-10,17,27H,2,4,7-8,11-15H2,1H3,(H2,21,22,23). The predicted octanol–water partition coefficient (Wildman–Crippen LogP) is 1.84. The van der Waals surface area contributed by atoms with Crippen LogP contribution in [0.2, 0.25) is 0 Å². The number of aryl methyl sites for hydroxylation is 1. The van der Waals surface area contributed by atoms with Crippen molar-refractivity contribution < 1.29 is 5.11 Å². The normalized spacial score (nSPS) is 15.7. The summed E-state index contributed by atoms with van der Waals surface area (Å²) < 4.78 is 2.22. The Bertz CT molecular complexity index is 727. The highest BCUT2D eigenvalue weighted by Crippen LogP contribution is 2.15. The van der Waals surface area contributed by atoms with Crippen LogP contribution >= 0.6 is 0 Å². The molecule has 0 aliphatic carbocycles. The molecule has 1 aromatic carbocycles. The Morgan fingerprint density at radius 2 is 2.04 bits per heavy atom. The average Bonchev–Trinajstić information content (AvgIpc) is 2.93. The highest BCUT2D eigenvalue weighted by atomic mass is 16.3. The Labute approximate surface area is 160 Å². The number of rotatable bonds is 7. The molecule has 2 heterocycles. The van der Waals surface area contributed by atoms with Crippen LogP contribution in [-0.4, -0.2) is 45.5 Å². The maximum Gasteiger partial charge on any atom is 0.191 e. The molecular weight excluding hydrogens is 340 g/mol. The van der Waals surface area contributed by atoms with Crippen molar-refractivity contribution in [3.05, 3.63) is 47.5 Å². The SMILES string of the molecule is CCNC(=NCc1nnc2n1CCCCC2)NCC(CO)c1ccccc1. The molecule has 1 aliphatic heterocycles. The third-order valence-corrected chi connectivity index (χ3v) is 4.92. The molecule has 0 spiro atoms. The van der Waals surface area contributed by atoms with Crippen LogP contribution in [0.25, 0.3) is 0 Å². The molecule has 0 saturated heterocycles. The summed E-state index contributed by atoms with van der Waals surface area (Å²) >= 11 is 0. The van der Waals surface area contributed by atoms with Crippen molar-refractivity contribution in [3.8, 4) is 0 Å². The number of nitrogens with zero attached hydrogens (tertiary/aromatic N) is 4. The molecule has 7 heteroatoms. The van der Waals surface area contributed by atoms with Crippen LogP contribution in [0.1, 0.15) is 49.3 Å².